The van der Waals surface area contributed by atoms with Crippen LogP contribution < -0.4 is 25.4 Å². The number of methoxy groups -OCH3 is 1. The lowest BCUT2D eigenvalue weighted by Gasteiger charge is -2.34. The molecule has 0 amide bonds. The van der Waals surface area contributed by atoms with Gasteiger partial charge in [0.1, 0.15) is 28.9 Å². The first-order valence-corrected chi connectivity index (χ1v) is 16.7. The van der Waals surface area contributed by atoms with E-state index in [0.717, 1.165) is 17.5 Å². The van der Waals surface area contributed by atoms with Crippen LogP contribution in [0.25, 0.3) is 0 Å². The number of ether oxygens (including phenoxy) is 4. The van der Waals surface area contributed by atoms with E-state index < -0.39 is 13.6 Å². The van der Waals surface area contributed by atoms with Gasteiger partial charge in [0.25, 0.3) is 0 Å². The van der Waals surface area contributed by atoms with Gasteiger partial charge >= 0.3 is 0 Å². The average Bonchev–Trinajstić information content (AvgIpc) is 3.06. The van der Waals surface area contributed by atoms with Crippen molar-refractivity contribution in [2.45, 2.75) is 26.3 Å². The Hall–Kier alpha value is -3.95. The number of rotatable bonds is 9. The Morgan fingerprint density at radius 2 is 1.16 bits per heavy atom. The van der Waals surface area contributed by atoms with Gasteiger partial charge < -0.3 is 18.9 Å². The van der Waals surface area contributed by atoms with Gasteiger partial charge in [-0.25, -0.2) is 0 Å². The highest BCUT2D eigenvalue weighted by Gasteiger charge is 2.45. The van der Waals surface area contributed by atoms with Gasteiger partial charge in [0.05, 0.1) is 26.5 Å². The second-order valence-corrected chi connectivity index (χ2v) is 15.2. The molecule has 0 unspecified atom stereocenters. The lowest BCUT2D eigenvalue weighted by atomic mass is 9.95. The molecule has 0 radical (unpaired) electrons. The molecule has 1 fully saturated rings. The molecule has 1 aliphatic heterocycles. The fourth-order valence-corrected chi connectivity index (χ4v) is 9.88. The van der Waals surface area contributed by atoms with Crippen molar-refractivity contribution in [1.29, 1.82) is 0 Å². The Morgan fingerprint density at radius 1 is 0.651 bits per heavy atom. The zero-order valence-electron chi connectivity index (χ0n) is 25.0. The Balaban J connectivity index is 1.31. The topological polar surface area (TPSA) is 36.9 Å². The molecule has 218 valence electrons. The van der Waals surface area contributed by atoms with Gasteiger partial charge in [-0.3, -0.25) is 0 Å². The van der Waals surface area contributed by atoms with Crippen LogP contribution in [0.5, 0.6) is 17.2 Å². The largest absolute Gasteiger partial charge is 0.493 e. The Morgan fingerprint density at radius 3 is 1.65 bits per heavy atom. The minimum absolute atomic E-state index is 0.00541. The maximum atomic E-state index is 6.38. The maximum Gasteiger partial charge on any atom is 0.183 e. The summed E-state index contributed by atoms with van der Waals surface area (Å²) in [6.07, 6.45) is 0.478. The lowest BCUT2D eigenvalue weighted by molar-refractivity contribution is -0.226. The molecule has 5 heteroatoms. The van der Waals surface area contributed by atoms with Crippen LogP contribution in [0.15, 0.2) is 133 Å². The summed E-state index contributed by atoms with van der Waals surface area (Å²) in [5.41, 5.74) is 2.17. The van der Waals surface area contributed by atoms with Crippen molar-refractivity contribution < 1.29 is 18.9 Å². The molecule has 4 nitrogen and oxygen atoms in total. The normalized spacial score (nSPS) is 15.1. The summed E-state index contributed by atoms with van der Waals surface area (Å²) in [6.45, 7) is 5.56. The number of benzene rings is 5. The van der Waals surface area contributed by atoms with E-state index in [1.165, 1.54) is 21.5 Å². The van der Waals surface area contributed by atoms with Crippen molar-refractivity contribution in [3.8, 4) is 17.2 Å². The first-order chi connectivity index (χ1) is 21.0. The van der Waals surface area contributed by atoms with Gasteiger partial charge in [0, 0.05) is 11.0 Å². The highest BCUT2D eigenvalue weighted by Crippen LogP contribution is 2.58. The van der Waals surface area contributed by atoms with E-state index in [0.29, 0.717) is 24.7 Å². The number of hydrogen-bond donors (Lipinski definition) is 0. The van der Waals surface area contributed by atoms with Crippen LogP contribution in [-0.2, 0) is 15.6 Å². The Bertz CT molecular complexity index is 1510. The average molecular weight is 590 g/mol. The Kier molecular flexibility index (Phi) is 8.63. The van der Waals surface area contributed by atoms with Gasteiger partial charge in [-0.1, -0.05) is 86.6 Å². The molecular weight excluding hydrogens is 551 g/mol. The molecular formula is C38H38O4P+. The minimum Gasteiger partial charge on any atom is -0.493 e. The third-order valence-corrected chi connectivity index (χ3v) is 12.3. The first-order valence-electron chi connectivity index (χ1n) is 14.7. The highest BCUT2D eigenvalue weighted by atomic mass is 31.2. The molecule has 0 aromatic heterocycles. The fraction of sp³-hybridized carbons (Fsp3) is 0.211. The fourth-order valence-electron chi connectivity index (χ4n) is 5.64. The second kappa shape index (κ2) is 12.7. The third-order valence-electron chi connectivity index (χ3n) is 7.87. The molecule has 0 bridgehead atoms. The van der Waals surface area contributed by atoms with Crippen molar-refractivity contribution in [3.63, 3.8) is 0 Å². The van der Waals surface area contributed by atoms with Gasteiger partial charge in [-0.2, -0.15) is 0 Å². The molecule has 6 rings (SSSR count). The molecule has 43 heavy (non-hydrogen) atoms. The Labute approximate surface area is 255 Å². The summed E-state index contributed by atoms with van der Waals surface area (Å²) in [7, 11) is -0.336. The predicted molar refractivity (Wildman–Crippen MR) is 177 cm³/mol. The molecule has 1 saturated heterocycles. The van der Waals surface area contributed by atoms with Gasteiger partial charge in [0.15, 0.2) is 17.8 Å². The summed E-state index contributed by atoms with van der Waals surface area (Å²) in [5, 5.41) is 4.10. The summed E-state index contributed by atoms with van der Waals surface area (Å²) in [5.74, 6) is 2.03. The van der Waals surface area contributed by atoms with Crippen molar-refractivity contribution >= 4 is 23.2 Å². The third kappa shape index (κ3) is 6.38. The predicted octanol–water partition coefficient (Wildman–Crippen LogP) is 8.05. The molecule has 0 spiro atoms. The summed E-state index contributed by atoms with van der Waals surface area (Å²) in [6, 6.07) is 47.2. The van der Waals surface area contributed by atoms with Crippen LogP contribution in [-0.4, -0.2) is 20.3 Å². The second-order valence-electron chi connectivity index (χ2n) is 11.7. The summed E-state index contributed by atoms with van der Waals surface area (Å²) < 4.78 is 24.0. The quantitative estimate of drug-likeness (QED) is 0.163. The van der Waals surface area contributed by atoms with E-state index in [1.54, 1.807) is 7.11 Å². The molecule has 0 N–H and O–H groups in total. The maximum absolute atomic E-state index is 6.38. The van der Waals surface area contributed by atoms with E-state index in [1.807, 2.05) is 30.3 Å². The van der Waals surface area contributed by atoms with Gasteiger partial charge in [-0.15, -0.1) is 0 Å². The van der Waals surface area contributed by atoms with E-state index >= 15 is 0 Å². The molecule has 1 heterocycles. The summed E-state index contributed by atoms with van der Waals surface area (Å²) in [4.78, 5) is 0. The molecule has 0 atom stereocenters. The van der Waals surface area contributed by atoms with Crippen LogP contribution in [0.4, 0.5) is 0 Å². The SMILES string of the molecule is COc1ccc(C2OCC(C)(C)CO2)cc1Oc1ccc(C[P+](c2ccccc2)(c2ccccc2)c2ccccc2)cc1. The standard InChI is InChI=1S/C38H38O4P/c1-38(2)27-40-37(41-28-38)30-21-24-35(39-3)36(25-30)42-31-22-19-29(20-23-31)26-43(32-13-7-4-8-14-32,33-15-9-5-10-16-33)34-17-11-6-12-18-34/h4-25,37H,26-28H2,1-3H3/q+1. The van der Waals surface area contributed by atoms with Crippen molar-refractivity contribution in [2.75, 3.05) is 20.3 Å². The van der Waals surface area contributed by atoms with Crippen molar-refractivity contribution in [1.82, 2.24) is 0 Å². The molecule has 1 aliphatic rings. The summed E-state index contributed by atoms with van der Waals surface area (Å²) >= 11 is 0. The van der Waals surface area contributed by atoms with E-state index in [-0.39, 0.29) is 5.41 Å². The zero-order valence-corrected chi connectivity index (χ0v) is 25.9. The van der Waals surface area contributed by atoms with Crippen LogP contribution in [0, 0.1) is 5.41 Å². The smallest absolute Gasteiger partial charge is 0.183 e. The van der Waals surface area contributed by atoms with E-state index in [9.17, 15) is 0 Å². The van der Waals surface area contributed by atoms with Gasteiger partial charge in [-0.05, 0) is 66.2 Å². The number of hydrogen-bond acceptors (Lipinski definition) is 4. The van der Waals surface area contributed by atoms with Crippen LogP contribution >= 0.6 is 7.26 Å². The molecule has 0 aliphatic carbocycles. The van der Waals surface area contributed by atoms with Crippen LogP contribution in [0.2, 0.25) is 0 Å². The minimum atomic E-state index is -1.99. The monoisotopic (exact) mass is 589 g/mol. The lowest BCUT2D eigenvalue weighted by Crippen LogP contribution is -2.33. The molecule has 5 aromatic rings. The van der Waals surface area contributed by atoms with Crippen molar-refractivity contribution in [2.24, 2.45) is 5.41 Å². The zero-order chi connectivity index (χ0) is 29.7. The van der Waals surface area contributed by atoms with E-state index in [2.05, 4.69) is 117 Å². The van der Waals surface area contributed by atoms with Crippen molar-refractivity contribution in [3.05, 3.63) is 145 Å². The molecule has 0 saturated carbocycles. The van der Waals surface area contributed by atoms with Gasteiger partial charge in [0.2, 0.25) is 0 Å². The first kappa shape index (κ1) is 29.1. The van der Waals surface area contributed by atoms with E-state index in [4.69, 9.17) is 18.9 Å². The highest BCUT2D eigenvalue weighted by molar-refractivity contribution is 7.95. The van der Waals surface area contributed by atoms with Crippen LogP contribution in [0.1, 0.15) is 31.3 Å². The van der Waals surface area contributed by atoms with Crippen LogP contribution in [0.3, 0.4) is 0 Å². The molecule has 5 aromatic carbocycles.